The lowest BCUT2D eigenvalue weighted by Gasteiger charge is -2.40. The van der Waals surface area contributed by atoms with Crippen LogP contribution in [0.3, 0.4) is 0 Å². The highest BCUT2D eigenvalue weighted by molar-refractivity contribution is 6.74. The first-order valence-corrected chi connectivity index (χ1v) is 31.2. The lowest BCUT2D eigenvalue weighted by Crippen LogP contribution is -2.43. The van der Waals surface area contributed by atoms with Crippen molar-refractivity contribution in [2.45, 2.75) is 112 Å². The molecule has 19 heteroatoms. The van der Waals surface area contributed by atoms with Crippen molar-refractivity contribution in [1.29, 1.82) is 0 Å². The third-order valence-corrected chi connectivity index (χ3v) is 20.9. The van der Waals surface area contributed by atoms with E-state index in [2.05, 4.69) is 64.4 Å². The largest absolute Gasteiger partial charge is 0.477 e. The molecule has 0 saturated carbocycles. The summed E-state index contributed by atoms with van der Waals surface area (Å²) in [6.07, 6.45) is 3.31. The predicted molar refractivity (Wildman–Crippen MR) is 321 cm³/mol. The molecule has 0 aliphatic carbocycles. The first-order chi connectivity index (χ1) is 37.9. The summed E-state index contributed by atoms with van der Waals surface area (Å²) < 4.78 is 56.9. The molecule has 0 spiro atoms. The van der Waals surface area contributed by atoms with E-state index >= 15 is 4.39 Å². The van der Waals surface area contributed by atoms with Crippen molar-refractivity contribution < 1.29 is 47.2 Å². The number of anilines is 2. The quantitative estimate of drug-likeness (QED) is 0.0740. The van der Waals surface area contributed by atoms with Crippen LogP contribution >= 0.6 is 23.2 Å². The number of aliphatic hydroxyl groups excluding tert-OH is 1. The van der Waals surface area contributed by atoms with Gasteiger partial charge in [-0.25, -0.2) is 18.4 Å². The van der Waals surface area contributed by atoms with Crippen LogP contribution in [-0.2, 0) is 31.5 Å². The second kappa shape index (κ2) is 25.5. The fourth-order valence-corrected chi connectivity index (χ4v) is 11.5. The molecule has 2 saturated heterocycles. The van der Waals surface area contributed by atoms with Gasteiger partial charge >= 0.3 is 11.9 Å². The van der Waals surface area contributed by atoms with E-state index in [0.717, 1.165) is 16.9 Å². The Balaban J connectivity index is 0.000000239. The van der Waals surface area contributed by atoms with Crippen LogP contribution in [0.4, 0.5) is 20.2 Å². The molecule has 0 bridgehead atoms. The number of nitrogens with zero attached hydrogens (tertiary/aromatic N) is 4. The van der Waals surface area contributed by atoms with E-state index in [9.17, 15) is 33.8 Å². The molecule has 81 heavy (non-hydrogen) atoms. The number of ether oxygens (including phenoxy) is 3. The molecule has 0 radical (unpaired) electrons. The maximum atomic E-state index is 15.3. The number of pyridine rings is 2. The van der Waals surface area contributed by atoms with Gasteiger partial charge in [-0.1, -0.05) is 97.6 Å². The van der Waals surface area contributed by atoms with Crippen LogP contribution in [0.1, 0.15) is 124 Å². The number of aromatic carboxylic acids is 1. The zero-order chi connectivity index (χ0) is 59.5. The Morgan fingerprint density at radius 2 is 1.09 bits per heavy atom. The molecule has 438 valence electrons. The molecular weight excluding hydrogens is 1100 g/mol. The van der Waals surface area contributed by atoms with E-state index in [1.54, 1.807) is 60.2 Å². The molecule has 6 aromatic rings. The molecule has 4 aromatic carbocycles. The summed E-state index contributed by atoms with van der Waals surface area (Å²) in [6.45, 7) is 30.3. The molecule has 2 atom stereocenters. The van der Waals surface area contributed by atoms with E-state index in [1.807, 2.05) is 43.5 Å². The molecule has 2 aromatic heterocycles. The van der Waals surface area contributed by atoms with Gasteiger partial charge in [0, 0.05) is 73.6 Å². The lowest BCUT2D eigenvalue weighted by atomic mass is 9.86. The molecule has 2 fully saturated rings. The van der Waals surface area contributed by atoms with Crippen molar-refractivity contribution >= 4 is 76.6 Å². The summed E-state index contributed by atoms with van der Waals surface area (Å²) in [7, 11) is -2.11. The number of esters is 1. The molecule has 0 unspecified atom stereocenters. The molecule has 2 aliphatic heterocycles. The summed E-state index contributed by atoms with van der Waals surface area (Å²) in [5.74, 6) is -3.03. The Labute approximate surface area is 484 Å². The van der Waals surface area contributed by atoms with Crippen LogP contribution < -0.4 is 20.7 Å². The van der Waals surface area contributed by atoms with Crippen molar-refractivity contribution in [2.24, 2.45) is 10.8 Å². The van der Waals surface area contributed by atoms with E-state index in [0.29, 0.717) is 92.3 Å². The Morgan fingerprint density at radius 1 is 0.667 bits per heavy atom. The number of aromatic nitrogens is 2. The summed E-state index contributed by atoms with van der Waals surface area (Å²) in [6, 6.07) is 16.8. The van der Waals surface area contributed by atoms with Gasteiger partial charge in [0.1, 0.15) is 22.8 Å². The number of carbonyl (C=O) groups is 2. The zero-order valence-corrected chi connectivity index (χ0v) is 51.2. The average Bonchev–Trinajstić information content (AvgIpc) is 3.14. The highest BCUT2D eigenvalue weighted by Gasteiger charge is 2.40. The van der Waals surface area contributed by atoms with Gasteiger partial charge in [-0.3, -0.25) is 9.59 Å². The Morgan fingerprint density at radius 3 is 1.48 bits per heavy atom. The predicted octanol–water partition coefficient (Wildman–Crippen LogP) is 12.5. The number of halogens is 4. The first-order valence-electron chi connectivity index (χ1n) is 27.6. The minimum absolute atomic E-state index is 0.0151. The number of carbonyl (C=O) groups excluding carboxylic acids is 1. The SMILES string of the molecule is CC(C)(C)[C@@H](CO)n1cc(C(=O)O)c(=O)c2cc(Cc3cc(N4CCOCC4)cc(Cl)c3F)ccc21.CCOC(=O)c1cn([C@H](CO[Si](C)(C)C(C)(C)C)C(C)(C)C)c2ccc(Cc3cc(N4CCOCC4)cc(Cl)c3F)cc2c1=O. The van der Waals surface area contributed by atoms with Gasteiger partial charge in [0.25, 0.3) is 0 Å². The Bertz CT molecular complexity index is 3410. The number of carboxylic acids is 1. The first kappa shape index (κ1) is 62.9. The number of morpholine rings is 2. The number of aliphatic hydroxyl groups is 1. The monoisotopic (exact) mass is 1170 g/mol. The Kier molecular flexibility index (Phi) is 19.8. The van der Waals surface area contributed by atoms with Gasteiger partial charge < -0.3 is 47.8 Å². The number of benzene rings is 4. The molecule has 2 aliphatic rings. The summed E-state index contributed by atoms with van der Waals surface area (Å²) in [5, 5.41) is 20.4. The molecule has 4 heterocycles. The highest BCUT2D eigenvalue weighted by Crippen LogP contribution is 2.41. The third kappa shape index (κ3) is 14.4. The van der Waals surface area contributed by atoms with Crippen LogP contribution in [0, 0.1) is 22.5 Å². The third-order valence-electron chi connectivity index (χ3n) is 15.9. The molecule has 14 nitrogen and oxygen atoms in total. The van der Waals surface area contributed by atoms with E-state index in [1.165, 1.54) is 6.20 Å². The van der Waals surface area contributed by atoms with Gasteiger partial charge in [0.15, 0.2) is 8.32 Å². The number of hydrogen-bond donors (Lipinski definition) is 2. The second-order valence-electron chi connectivity index (χ2n) is 24.7. The van der Waals surface area contributed by atoms with Gasteiger partial charge in [-0.2, -0.15) is 0 Å². The number of hydrogen-bond acceptors (Lipinski definition) is 11. The van der Waals surface area contributed by atoms with Gasteiger partial charge in [0.05, 0.1) is 79.4 Å². The minimum Gasteiger partial charge on any atom is -0.477 e. The standard InChI is InChI=1S/C35H48ClFN2O5Si.C27H30ClFN2O5/c1-10-43-33(41)27-21-39(30(34(2,3)4)22-44-45(8,9)35(5,6)7)29-12-11-23(18-26(29)32(27)40)17-24-19-25(20-28(36)31(24)37)38-13-15-42-16-14-38;1-27(2,3)23(15-32)31-14-20(26(34)35)25(33)19-11-16(4-5-22(19)31)10-17-12-18(13-21(28)24(17)29)30-6-8-36-9-7-30/h11-12,18-21,30H,10,13-17,22H2,1-9H3;4-5,11-14,23,32H,6-10,15H2,1-3H3,(H,34,35)/t30-;23-/m11/s1. The van der Waals surface area contributed by atoms with Crippen molar-refractivity contribution in [3.05, 3.63) is 149 Å². The van der Waals surface area contributed by atoms with Crippen molar-refractivity contribution in [3.8, 4) is 0 Å². The summed E-state index contributed by atoms with van der Waals surface area (Å²) in [4.78, 5) is 56.1. The summed E-state index contributed by atoms with van der Waals surface area (Å²) in [5.41, 5.74) is 2.83. The van der Waals surface area contributed by atoms with Crippen molar-refractivity contribution in [3.63, 3.8) is 0 Å². The normalized spacial score (nSPS) is 15.4. The maximum Gasteiger partial charge on any atom is 0.343 e. The van der Waals surface area contributed by atoms with Crippen LogP contribution in [0.15, 0.2) is 82.6 Å². The van der Waals surface area contributed by atoms with E-state index < -0.39 is 54.2 Å². The number of rotatable bonds is 15. The maximum absolute atomic E-state index is 15.3. The Hall–Kier alpha value is -5.66. The van der Waals surface area contributed by atoms with Crippen LogP contribution in [0.25, 0.3) is 21.8 Å². The van der Waals surface area contributed by atoms with Crippen LogP contribution in [0.5, 0.6) is 0 Å². The molecule has 2 N–H and O–H groups in total. The molecule has 8 rings (SSSR count). The van der Waals surface area contributed by atoms with Gasteiger partial charge in [0.2, 0.25) is 10.9 Å². The zero-order valence-electron chi connectivity index (χ0n) is 48.7. The van der Waals surface area contributed by atoms with E-state index in [-0.39, 0.29) is 69.1 Å². The van der Waals surface area contributed by atoms with Crippen molar-refractivity contribution in [2.75, 3.05) is 82.2 Å². The lowest BCUT2D eigenvalue weighted by molar-refractivity contribution is 0.0522. The van der Waals surface area contributed by atoms with Crippen LogP contribution in [-0.4, -0.2) is 112 Å². The fourth-order valence-electron chi connectivity index (χ4n) is 10.0. The molecular formula is C62H78Cl2F2N4O10Si. The van der Waals surface area contributed by atoms with E-state index in [4.69, 9.17) is 41.8 Å². The summed E-state index contributed by atoms with van der Waals surface area (Å²) >= 11 is 12.6. The second-order valence-corrected chi connectivity index (χ2v) is 30.3. The fraction of sp³-hybridized carbons (Fsp3) is 0.484. The minimum atomic E-state index is -2.11. The topological polar surface area (TPSA) is 162 Å². The number of carboxylic acid groups (broad SMARTS) is 1. The molecule has 0 amide bonds. The van der Waals surface area contributed by atoms with Crippen LogP contribution in [0.2, 0.25) is 28.2 Å². The van der Waals surface area contributed by atoms with Crippen molar-refractivity contribution in [1.82, 2.24) is 9.13 Å². The van der Waals surface area contributed by atoms with Gasteiger partial charge in [-0.05, 0) is 107 Å². The average molecular weight is 1180 g/mol. The van der Waals surface area contributed by atoms with Gasteiger partial charge in [-0.15, -0.1) is 0 Å². The smallest absolute Gasteiger partial charge is 0.343 e. The number of fused-ring (bicyclic) bond motifs is 2. The highest BCUT2D eigenvalue weighted by atomic mass is 35.5.